The van der Waals surface area contributed by atoms with Crippen LogP contribution in [0.25, 0.3) is 0 Å². The number of amides is 3. The van der Waals surface area contributed by atoms with Crippen LogP contribution in [0, 0.1) is 6.92 Å². The number of rotatable bonds is 6. The maximum atomic E-state index is 12.8. The number of carbonyl (C=O) groups excluding carboxylic acids is 2. The molecule has 29 heavy (non-hydrogen) atoms. The lowest BCUT2D eigenvalue weighted by atomic mass is 10.0. The fourth-order valence-corrected chi connectivity index (χ4v) is 3.86. The summed E-state index contributed by atoms with van der Waals surface area (Å²) in [5.74, 6) is -0.160. The van der Waals surface area contributed by atoms with Gasteiger partial charge in [0, 0.05) is 13.1 Å². The number of aryl methyl sites for hydroxylation is 1. The summed E-state index contributed by atoms with van der Waals surface area (Å²) in [4.78, 5) is 26.7. The van der Waals surface area contributed by atoms with Crippen molar-refractivity contribution in [3.05, 3.63) is 59.7 Å². The third-order valence-corrected chi connectivity index (χ3v) is 5.28. The molecule has 154 valence electrons. The van der Waals surface area contributed by atoms with E-state index in [1.54, 1.807) is 0 Å². The number of benzene rings is 2. The van der Waals surface area contributed by atoms with Crippen molar-refractivity contribution < 1.29 is 9.59 Å². The van der Waals surface area contributed by atoms with E-state index in [1.165, 1.54) is 25.7 Å². The molecule has 1 fully saturated rings. The molecule has 0 unspecified atom stereocenters. The zero-order valence-corrected chi connectivity index (χ0v) is 17.0. The summed E-state index contributed by atoms with van der Waals surface area (Å²) >= 11 is 0. The molecule has 1 saturated heterocycles. The van der Waals surface area contributed by atoms with Crippen LogP contribution in [0.2, 0.25) is 0 Å². The number of hydrogen-bond acceptors (Lipinski definition) is 3. The van der Waals surface area contributed by atoms with E-state index in [4.69, 9.17) is 5.73 Å². The van der Waals surface area contributed by atoms with Gasteiger partial charge in [-0.3, -0.25) is 4.79 Å². The van der Waals surface area contributed by atoms with E-state index in [2.05, 4.69) is 21.6 Å². The number of carbonyl (C=O) groups is 2. The quantitative estimate of drug-likeness (QED) is 0.689. The van der Waals surface area contributed by atoms with Gasteiger partial charge in [0.2, 0.25) is 5.91 Å². The lowest BCUT2D eigenvalue weighted by molar-refractivity contribution is -0.116. The van der Waals surface area contributed by atoms with Crippen LogP contribution in [0.1, 0.15) is 49.3 Å². The first-order chi connectivity index (χ1) is 14.0. The fraction of sp³-hybridized carbons (Fsp3) is 0.391. The molecule has 4 N–H and O–H groups in total. The highest BCUT2D eigenvalue weighted by Crippen LogP contribution is 2.28. The Morgan fingerprint density at radius 2 is 1.76 bits per heavy atom. The van der Waals surface area contributed by atoms with Gasteiger partial charge in [-0.15, -0.1) is 0 Å². The molecule has 0 saturated carbocycles. The molecule has 0 bridgehead atoms. The van der Waals surface area contributed by atoms with Crippen LogP contribution >= 0.6 is 0 Å². The Bertz CT molecular complexity index is 844. The van der Waals surface area contributed by atoms with Crippen molar-refractivity contribution in [2.45, 2.75) is 45.1 Å². The van der Waals surface area contributed by atoms with Gasteiger partial charge in [-0.25, -0.2) is 4.79 Å². The average molecular weight is 395 g/mol. The van der Waals surface area contributed by atoms with Crippen LogP contribution in [0.4, 0.5) is 16.2 Å². The predicted octanol–water partition coefficient (Wildman–Crippen LogP) is 4.11. The Balaban J connectivity index is 1.74. The van der Waals surface area contributed by atoms with E-state index in [0.717, 1.165) is 35.6 Å². The number of hydrogen-bond donors (Lipinski definition) is 3. The van der Waals surface area contributed by atoms with Gasteiger partial charge < -0.3 is 21.3 Å². The van der Waals surface area contributed by atoms with Crippen molar-refractivity contribution in [1.29, 1.82) is 0 Å². The van der Waals surface area contributed by atoms with Gasteiger partial charge in [-0.1, -0.05) is 54.8 Å². The lowest BCUT2D eigenvalue weighted by Gasteiger charge is -2.26. The monoisotopic (exact) mass is 394 g/mol. The van der Waals surface area contributed by atoms with E-state index in [9.17, 15) is 9.59 Å². The lowest BCUT2D eigenvalue weighted by Crippen LogP contribution is -2.35. The van der Waals surface area contributed by atoms with Crippen molar-refractivity contribution in [1.82, 2.24) is 5.32 Å². The Hall–Kier alpha value is -3.02. The van der Waals surface area contributed by atoms with Crippen LogP contribution in [-0.2, 0) is 4.79 Å². The third kappa shape index (κ3) is 5.98. The Kier molecular flexibility index (Phi) is 7.11. The highest BCUT2D eigenvalue weighted by Gasteiger charge is 2.20. The van der Waals surface area contributed by atoms with Crippen LogP contribution in [0.5, 0.6) is 0 Å². The maximum Gasteiger partial charge on any atom is 0.312 e. The Morgan fingerprint density at radius 3 is 2.45 bits per heavy atom. The molecule has 1 aliphatic rings. The molecular weight excluding hydrogens is 364 g/mol. The minimum absolute atomic E-state index is 0.112. The highest BCUT2D eigenvalue weighted by molar-refractivity contribution is 5.95. The van der Waals surface area contributed by atoms with E-state index >= 15 is 0 Å². The molecular formula is C23H30N4O2. The molecule has 1 atom stereocenters. The normalized spacial score (nSPS) is 15.3. The molecule has 2 aromatic carbocycles. The first-order valence-corrected chi connectivity index (χ1v) is 10.3. The average Bonchev–Trinajstić information content (AvgIpc) is 2.97. The summed E-state index contributed by atoms with van der Waals surface area (Å²) < 4.78 is 0. The number of nitrogens with one attached hydrogen (secondary N) is 2. The molecule has 0 radical (unpaired) electrons. The van der Waals surface area contributed by atoms with Gasteiger partial charge >= 0.3 is 6.03 Å². The number of nitrogens with zero attached hydrogens (tertiary/aromatic N) is 1. The zero-order valence-electron chi connectivity index (χ0n) is 17.0. The van der Waals surface area contributed by atoms with Crippen molar-refractivity contribution in [2.24, 2.45) is 5.73 Å². The largest absolute Gasteiger partial charge is 0.370 e. The second-order valence-electron chi connectivity index (χ2n) is 7.65. The Labute approximate surface area is 172 Å². The molecule has 3 rings (SSSR count). The third-order valence-electron chi connectivity index (χ3n) is 5.28. The second-order valence-corrected chi connectivity index (χ2v) is 7.65. The topological polar surface area (TPSA) is 87.5 Å². The number of primary amides is 1. The molecule has 0 aliphatic carbocycles. The summed E-state index contributed by atoms with van der Waals surface area (Å²) in [6.07, 6.45) is 4.95. The van der Waals surface area contributed by atoms with Crippen LogP contribution < -0.4 is 21.3 Å². The summed E-state index contributed by atoms with van der Waals surface area (Å²) in [5.41, 5.74) is 9.13. The number of para-hydroxylation sites is 2. The summed E-state index contributed by atoms with van der Waals surface area (Å²) in [6.45, 7) is 3.98. The van der Waals surface area contributed by atoms with Gasteiger partial charge in [0.1, 0.15) is 0 Å². The van der Waals surface area contributed by atoms with E-state index in [1.807, 2.05) is 49.4 Å². The molecule has 0 aromatic heterocycles. The van der Waals surface area contributed by atoms with Gasteiger partial charge in [-0.05, 0) is 37.5 Å². The summed E-state index contributed by atoms with van der Waals surface area (Å²) in [6, 6.07) is 14.5. The van der Waals surface area contributed by atoms with E-state index in [0.29, 0.717) is 0 Å². The minimum atomic E-state index is -0.644. The first-order valence-electron chi connectivity index (χ1n) is 10.3. The summed E-state index contributed by atoms with van der Waals surface area (Å²) in [5, 5.41) is 5.74. The zero-order chi connectivity index (χ0) is 20.6. The molecule has 1 heterocycles. The van der Waals surface area contributed by atoms with Crippen molar-refractivity contribution in [3.63, 3.8) is 0 Å². The number of nitrogens with two attached hydrogens (primary N) is 1. The van der Waals surface area contributed by atoms with E-state index in [-0.39, 0.29) is 12.3 Å². The van der Waals surface area contributed by atoms with Crippen molar-refractivity contribution >= 4 is 23.3 Å². The highest BCUT2D eigenvalue weighted by atomic mass is 16.2. The van der Waals surface area contributed by atoms with Crippen LogP contribution in [-0.4, -0.2) is 25.0 Å². The maximum absolute atomic E-state index is 12.8. The standard InChI is InChI=1S/C23H30N4O2/c1-17-9-8-10-18(15-17)20(26-23(24)29)16-22(28)25-19-11-4-5-12-21(19)27-13-6-2-3-7-14-27/h4-5,8-12,15,20H,2-3,6-7,13-14,16H2,1H3,(H,25,28)(H3,24,26,29)/t20-/m1/s1. The molecule has 1 aliphatic heterocycles. The number of anilines is 2. The Morgan fingerprint density at radius 1 is 1.03 bits per heavy atom. The first kappa shape index (κ1) is 20.7. The SMILES string of the molecule is Cc1cccc([C@@H](CC(=O)Nc2ccccc2N2CCCCCC2)NC(N)=O)c1. The van der Waals surface area contributed by atoms with Gasteiger partial charge in [0.15, 0.2) is 0 Å². The van der Waals surface area contributed by atoms with E-state index < -0.39 is 12.1 Å². The van der Waals surface area contributed by atoms with Gasteiger partial charge in [0.05, 0.1) is 23.8 Å². The molecule has 3 amide bonds. The summed E-state index contributed by atoms with van der Waals surface area (Å²) in [7, 11) is 0. The molecule has 2 aromatic rings. The van der Waals surface area contributed by atoms with Crippen LogP contribution in [0.15, 0.2) is 48.5 Å². The van der Waals surface area contributed by atoms with Crippen molar-refractivity contribution in [3.8, 4) is 0 Å². The fourth-order valence-electron chi connectivity index (χ4n) is 3.86. The van der Waals surface area contributed by atoms with Crippen LogP contribution in [0.3, 0.4) is 0 Å². The smallest absolute Gasteiger partial charge is 0.312 e. The molecule has 6 heteroatoms. The predicted molar refractivity (Wildman–Crippen MR) is 117 cm³/mol. The minimum Gasteiger partial charge on any atom is -0.370 e. The van der Waals surface area contributed by atoms with Crippen molar-refractivity contribution in [2.75, 3.05) is 23.3 Å². The van der Waals surface area contributed by atoms with Gasteiger partial charge in [0.25, 0.3) is 0 Å². The molecule has 0 spiro atoms. The number of urea groups is 1. The second kappa shape index (κ2) is 9.96. The van der Waals surface area contributed by atoms with Gasteiger partial charge in [-0.2, -0.15) is 0 Å². The molecule has 6 nitrogen and oxygen atoms in total.